The number of halogens is 2. The number of amides is 1. The highest BCUT2D eigenvalue weighted by Crippen LogP contribution is 2.29. The average molecular weight is 516 g/mol. The van der Waals surface area contributed by atoms with Crippen LogP contribution in [0.4, 0.5) is 0 Å². The average Bonchev–Trinajstić information content (AvgIpc) is 2.76. The second-order valence-corrected chi connectivity index (χ2v) is 11.9. The molecule has 1 heterocycles. The van der Waals surface area contributed by atoms with Crippen molar-refractivity contribution < 1.29 is 13.2 Å². The van der Waals surface area contributed by atoms with E-state index >= 15 is 0 Å². The number of carbonyl (C=O) groups excluding carboxylic acids is 1. The number of aryl methyl sites for hydroxylation is 1. The van der Waals surface area contributed by atoms with Gasteiger partial charge in [0, 0.05) is 52.7 Å². The van der Waals surface area contributed by atoms with Gasteiger partial charge in [-0.1, -0.05) is 59.1 Å². The molecule has 0 saturated carbocycles. The van der Waals surface area contributed by atoms with Crippen LogP contribution < -0.4 is 5.32 Å². The predicted molar refractivity (Wildman–Crippen MR) is 134 cm³/mol. The summed E-state index contributed by atoms with van der Waals surface area (Å²) in [6, 6.07) is 13.4. The standard InChI is InChI=1S/C23H28Cl2N2O3S2/c1-17-4-2-5-18(14-17)15-31-13-10-26-23(28)19-8-11-27(12-9-19)32(29,30)16-20-21(24)6-3-7-22(20)25/h2-7,14,19H,8-13,15-16H2,1H3,(H,26,28). The maximum atomic E-state index is 12.8. The van der Waals surface area contributed by atoms with Crippen LogP contribution in [0.1, 0.15) is 29.5 Å². The molecule has 9 heteroatoms. The third-order valence-corrected chi connectivity index (χ3v) is 9.05. The predicted octanol–water partition coefficient (Wildman–Crippen LogP) is 4.89. The van der Waals surface area contributed by atoms with Crippen molar-refractivity contribution in [1.82, 2.24) is 9.62 Å². The number of piperidine rings is 1. The Balaban J connectivity index is 1.40. The molecule has 0 spiro atoms. The molecular formula is C23H28Cl2N2O3S2. The van der Waals surface area contributed by atoms with Gasteiger partial charge in [0.05, 0.1) is 5.75 Å². The molecule has 2 aromatic carbocycles. The SMILES string of the molecule is Cc1cccc(CSCCNC(=O)C2CCN(S(=O)(=O)Cc3c(Cl)cccc3Cl)CC2)c1. The van der Waals surface area contributed by atoms with E-state index in [0.717, 1.165) is 11.5 Å². The summed E-state index contributed by atoms with van der Waals surface area (Å²) in [4.78, 5) is 12.5. The summed E-state index contributed by atoms with van der Waals surface area (Å²) >= 11 is 14.0. The van der Waals surface area contributed by atoms with Crippen molar-refractivity contribution in [2.24, 2.45) is 5.92 Å². The quantitative estimate of drug-likeness (QED) is 0.483. The number of nitrogens with zero attached hydrogens (tertiary/aromatic N) is 1. The van der Waals surface area contributed by atoms with Gasteiger partial charge < -0.3 is 5.32 Å². The molecule has 0 atom stereocenters. The number of rotatable bonds is 9. The minimum atomic E-state index is -3.55. The Kier molecular flexibility index (Phi) is 9.32. The van der Waals surface area contributed by atoms with Gasteiger partial charge in [0.15, 0.2) is 0 Å². The second kappa shape index (κ2) is 11.7. The number of sulfonamides is 1. The lowest BCUT2D eigenvalue weighted by Crippen LogP contribution is -2.43. The molecule has 3 rings (SSSR count). The van der Waals surface area contributed by atoms with Crippen LogP contribution in [0.25, 0.3) is 0 Å². The van der Waals surface area contributed by atoms with E-state index in [4.69, 9.17) is 23.2 Å². The van der Waals surface area contributed by atoms with Gasteiger partial charge in [0.1, 0.15) is 0 Å². The van der Waals surface area contributed by atoms with Crippen LogP contribution in [0, 0.1) is 12.8 Å². The van der Waals surface area contributed by atoms with Gasteiger partial charge in [0.2, 0.25) is 15.9 Å². The normalized spacial score (nSPS) is 15.6. The van der Waals surface area contributed by atoms with E-state index in [2.05, 4.69) is 36.5 Å². The summed E-state index contributed by atoms with van der Waals surface area (Å²) < 4.78 is 27.1. The van der Waals surface area contributed by atoms with E-state index in [1.165, 1.54) is 15.4 Å². The van der Waals surface area contributed by atoms with E-state index in [1.807, 2.05) is 0 Å². The van der Waals surface area contributed by atoms with Crippen LogP contribution in [0.15, 0.2) is 42.5 Å². The molecule has 1 saturated heterocycles. The fourth-order valence-electron chi connectivity index (χ4n) is 3.72. The zero-order chi connectivity index (χ0) is 23.1. The molecule has 1 fully saturated rings. The Morgan fingerprint density at radius 1 is 1.12 bits per heavy atom. The van der Waals surface area contributed by atoms with E-state index in [9.17, 15) is 13.2 Å². The number of benzene rings is 2. The smallest absolute Gasteiger partial charge is 0.223 e. The van der Waals surface area contributed by atoms with Gasteiger partial charge in [-0.2, -0.15) is 11.8 Å². The van der Waals surface area contributed by atoms with Gasteiger partial charge in [-0.05, 0) is 37.5 Å². The summed E-state index contributed by atoms with van der Waals surface area (Å²) in [6.07, 6.45) is 1.02. The summed E-state index contributed by atoms with van der Waals surface area (Å²) in [5, 5.41) is 3.68. The maximum absolute atomic E-state index is 12.8. The number of hydrogen-bond acceptors (Lipinski definition) is 4. The summed E-state index contributed by atoms with van der Waals surface area (Å²) in [7, 11) is -3.55. The van der Waals surface area contributed by atoms with Crippen molar-refractivity contribution in [3.63, 3.8) is 0 Å². The van der Waals surface area contributed by atoms with Crippen LogP contribution in [-0.2, 0) is 26.3 Å². The minimum Gasteiger partial charge on any atom is -0.355 e. The number of nitrogens with one attached hydrogen (secondary N) is 1. The highest BCUT2D eigenvalue weighted by Gasteiger charge is 2.31. The number of thioether (sulfide) groups is 1. The summed E-state index contributed by atoms with van der Waals surface area (Å²) in [6.45, 7) is 3.34. The lowest BCUT2D eigenvalue weighted by Gasteiger charge is -2.30. The zero-order valence-corrected chi connectivity index (χ0v) is 21.2. The first-order valence-corrected chi connectivity index (χ1v) is 14.1. The highest BCUT2D eigenvalue weighted by atomic mass is 35.5. The molecule has 0 aromatic heterocycles. The molecule has 0 unspecified atom stereocenters. The lowest BCUT2D eigenvalue weighted by molar-refractivity contribution is -0.125. The van der Waals surface area contributed by atoms with Gasteiger partial charge in [-0.3, -0.25) is 4.79 Å². The monoisotopic (exact) mass is 514 g/mol. The second-order valence-electron chi connectivity index (χ2n) is 7.96. The van der Waals surface area contributed by atoms with Crippen LogP contribution in [0.2, 0.25) is 10.0 Å². The van der Waals surface area contributed by atoms with Crippen LogP contribution >= 0.6 is 35.0 Å². The molecule has 1 amide bonds. The molecule has 0 radical (unpaired) electrons. The van der Waals surface area contributed by atoms with Crippen molar-refractivity contribution in [3.8, 4) is 0 Å². The van der Waals surface area contributed by atoms with Crippen molar-refractivity contribution in [3.05, 3.63) is 69.2 Å². The van der Waals surface area contributed by atoms with Crippen molar-refractivity contribution >= 4 is 50.9 Å². The third kappa shape index (κ3) is 7.12. The molecule has 32 heavy (non-hydrogen) atoms. The van der Waals surface area contributed by atoms with Crippen molar-refractivity contribution in [1.29, 1.82) is 0 Å². The third-order valence-electron chi connectivity index (χ3n) is 5.50. The Morgan fingerprint density at radius 2 is 1.78 bits per heavy atom. The van der Waals surface area contributed by atoms with Gasteiger partial charge in [0.25, 0.3) is 0 Å². The molecule has 2 aromatic rings. The fourth-order valence-corrected chi connectivity index (χ4v) is 6.84. The van der Waals surface area contributed by atoms with Crippen LogP contribution in [-0.4, -0.2) is 44.0 Å². The summed E-state index contributed by atoms with van der Waals surface area (Å²) in [5.74, 6) is 1.37. The molecule has 0 aliphatic carbocycles. The van der Waals surface area contributed by atoms with E-state index < -0.39 is 10.0 Å². The van der Waals surface area contributed by atoms with Gasteiger partial charge in [-0.15, -0.1) is 0 Å². The zero-order valence-electron chi connectivity index (χ0n) is 18.0. The Labute approximate surface area is 204 Å². The van der Waals surface area contributed by atoms with E-state index in [1.54, 1.807) is 30.0 Å². The number of hydrogen-bond donors (Lipinski definition) is 1. The molecule has 1 aliphatic heterocycles. The lowest BCUT2D eigenvalue weighted by atomic mass is 9.97. The minimum absolute atomic E-state index is 0.00681. The Morgan fingerprint density at radius 3 is 2.44 bits per heavy atom. The first kappa shape index (κ1) is 25.4. The van der Waals surface area contributed by atoms with E-state index in [-0.39, 0.29) is 17.6 Å². The molecular weight excluding hydrogens is 487 g/mol. The summed E-state index contributed by atoms with van der Waals surface area (Å²) in [5.41, 5.74) is 2.95. The van der Waals surface area contributed by atoms with Gasteiger partial charge >= 0.3 is 0 Å². The molecule has 5 nitrogen and oxygen atoms in total. The topological polar surface area (TPSA) is 66.5 Å². The fraction of sp³-hybridized carbons (Fsp3) is 0.435. The Bertz CT molecular complexity index is 1020. The first-order chi connectivity index (χ1) is 15.3. The molecule has 0 bridgehead atoms. The maximum Gasteiger partial charge on any atom is 0.223 e. The van der Waals surface area contributed by atoms with Crippen molar-refractivity contribution in [2.45, 2.75) is 31.3 Å². The van der Waals surface area contributed by atoms with E-state index in [0.29, 0.717) is 48.1 Å². The number of carbonyl (C=O) groups is 1. The molecule has 1 aliphatic rings. The van der Waals surface area contributed by atoms with Crippen LogP contribution in [0.5, 0.6) is 0 Å². The highest BCUT2D eigenvalue weighted by molar-refractivity contribution is 7.98. The molecule has 174 valence electrons. The Hall–Kier alpha value is -1.25. The first-order valence-electron chi connectivity index (χ1n) is 10.6. The van der Waals surface area contributed by atoms with Crippen molar-refractivity contribution in [2.75, 3.05) is 25.4 Å². The largest absolute Gasteiger partial charge is 0.355 e. The van der Waals surface area contributed by atoms with Crippen LogP contribution in [0.3, 0.4) is 0 Å². The van der Waals surface area contributed by atoms with Gasteiger partial charge in [-0.25, -0.2) is 12.7 Å². The molecule has 1 N–H and O–H groups in total.